The standard InChI is InChI=1S/C25H32N4/c1-4-12-21(19-29(5-2)6-3)26-25-22-15-10-11-16-23(22)27-24(28-25)18-17-20-13-8-7-9-14-20/h7-11,13-18,21H,4-6,12,19H2,1-3H3,(H,26,27,28)/b18-17+. The molecule has 1 aromatic heterocycles. The monoisotopic (exact) mass is 388 g/mol. The van der Waals surface area contributed by atoms with E-state index in [0.29, 0.717) is 6.04 Å². The third-order valence-electron chi connectivity index (χ3n) is 5.20. The molecular formula is C25H32N4. The van der Waals surface area contributed by atoms with Crippen LogP contribution in [0.2, 0.25) is 0 Å². The number of anilines is 1. The zero-order chi connectivity index (χ0) is 20.5. The predicted octanol–water partition coefficient (Wildman–Crippen LogP) is 5.72. The number of aromatic nitrogens is 2. The van der Waals surface area contributed by atoms with Crippen LogP contribution in [-0.4, -0.2) is 40.5 Å². The summed E-state index contributed by atoms with van der Waals surface area (Å²) >= 11 is 0. The van der Waals surface area contributed by atoms with Gasteiger partial charge in [0.15, 0.2) is 5.82 Å². The zero-order valence-corrected chi connectivity index (χ0v) is 17.8. The molecule has 0 aliphatic rings. The minimum absolute atomic E-state index is 0.365. The SMILES string of the molecule is CCCC(CN(CC)CC)Nc1nc(/C=C/c2ccccc2)nc2ccccc12. The Morgan fingerprint density at radius 1 is 0.897 bits per heavy atom. The van der Waals surface area contributed by atoms with Crippen molar-refractivity contribution < 1.29 is 0 Å². The van der Waals surface area contributed by atoms with Crippen molar-refractivity contribution in [2.24, 2.45) is 0 Å². The van der Waals surface area contributed by atoms with E-state index in [4.69, 9.17) is 9.97 Å². The summed E-state index contributed by atoms with van der Waals surface area (Å²) in [6, 6.07) is 18.9. The van der Waals surface area contributed by atoms with Crippen LogP contribution in [0.25, 0.3) is 23.1 Å². The Kier molecular flexibility index (Phi) is 7.77. The van der Waals surface area contributed by atoms with E-state index in [1.165, 1.54) is 0 Å². The molecule has 0 saturated heterocycles. The first-order valence-electron chi connectivity index (χ1n) is 10.7. The molecule has 4 nitrogen and oxygen atoms in total. The molecule has 0 bridgehead atoms. The van der Waals surface area contributed by atoms with Gasteiger partial charge in [0, 0.05) is 18.0 Å². The van der Waals surface area contributed by atoms with Gasteiger partial charge in [-0.3, -0.25) is 0 Å². The Balaban J connectivity index is 1.91. The van der Waals surface area contributed by atoms with Gasteiger partial charge >= 0.3 is 0 Å². The summed E-state index contributed by atoms with van der Waals surface area (Å²) in [7, 11) is 0. The highest BCUT2D eigenvalue weighted by Crippen LogP contribution is 2.22. The third kappa shape index (κ3) is 5.88. The highest BCUT2D eigenvalue weighted by atomic mass is 15.2. The van der Waals surface area contributed by atoms with Gasteiger partial charge < -0.3 is 10.2 Å². The van der Waals surface area contributed by atoms with Crippen LogP contribution in [0.15, 0.2) is 54.6 Å². The summed E-state index contributed by atoms with van der Waals surface area (Å²) in [5.74, 6) is 1.65. The summed E-state index contributed by atoms with van der Waals surface area (Å²) < 4.78 is 0. The molecule has 0 aliphatic heterocycles. The molecule has 3 aromatic rings. The highest BCUT2D eigenvalue weighted by Gasteiger charge is 2.14. The van der Waals surface area contributed by atoms with E-state index in [0.717, 1.165) is 60.6 Å². The lowest BCUT2D eigenvalue weighted by Gasteiger charge is -2.26. The summed E-state index contributed by atoms with van der Waals surface area (Å²) in [4.78, 5) is 12.1. The first-order valence-corrected chi connectivity index (χ1v) is 10.7. The first-order chi connectivity index (χ1) is 14.2. The maximum atomic E-state index is 4.87. The fourth-order valence-electron chi connectivity index (χ4n) is 3.56. The fraction of sp³-hybridized carbons (Fsp3) is 0.360. The lowest BCUT2D eigenvalue weighted by Crippen LogP contribution is -2.36. The van der Waals surface area contributed by atoms with Crippen molar-refractivity contribution in [3.05, 3.63) is 66.0 Å². The van der Waals surface area contributed by atoms with E-state index < -0.39 is 0 Å². The number of para-hydroxylation sites is 1. The Morgan fingerprint density at radius 2 is 1.62 bits per heavy atom. The molecule has 1 unspecified atom stereocenters. The van der Waals surface area contributed by atoms with Crippen LogP contribution in [0.5, 0.6) is 0 Å². The van der Waals surface area contributed by atoms with Gasteiger partial charge in [-0.15, -0.1) is 0 Å². The van der Waals surface area contributed by atoms with Gasteiger partial charge in [-0.05, 0) is 43.3 Å². The van der Waals surface area contributed by atoms with Gasteiger partial charge in [0.25, 0.3) is 0 Å². The van der Waals surface area contributed by atoms with Crippen LogP contribution < -0.4 is 5.32 Å². The number of likely N-dealkylation sites (N-methyl/N-ethyl adjacent to an activating group) is 1. The second-order valence-electron chi connectivity index (χ2n) is 7.31. The molecule has 29 heavy (non-hydrogen) atoms. The lowest BCUT2D eigenvalue weighted by atomic mass is 10.1. The van der Waals surface area contributed by atoms with Crippen LogP contribution in [0.3, 0.4) is 0 Å². The minimum Gasteiger partial charge on any atom is -0.365 e. The van der Waals surface area contributed by atoms with Crippen molar-refractivity contribution >= 4 is 28.9 Å². The van der Waals surface area contributed by atoms with Crippen molar-refractivity contribution in [1.29, 1.82) is 0 Å². The van der Waals surface area contributed by atoms with Crippen molar-refractivity contribution in [3.63, 3.8) is 0 Å². The third-order valence-corrected chi connectivity index (χ3v) is 5.20. The number of hydrogen-bond acceptors (Lipinski definition) is 4. The van der Waals surface area contributed by atoms with Crippen LogP contribution in [0.1, 0.15) is 45.0 Å². The molecule has 3 rings (SSSR count). The largest absolute Gasteiger partial charge is 0.365 e. The second kappa shape index (κ2) is 10.7. The molecule has 0 fully saturated rings. The fourth-order valence-corrected chi connectivity index (χ4v) is 3.56. The van der Waals surface area contributed by atoms with Gasteiger partial charge in [0.05, 0.1) is 5.52 Å². The molecule has 152 valence electrons. The number of benzene rings is 2. The van der Waals surface area contributed by atoms with Crippen LogP contribution >= 0.6 is 0 Å². The Labute approximate surface area is 174 Å². The molecule has 0 saturated carbocycles. The second-order valence-corrected chi connectivity index (χ2v) is 7.31. The van der Waals surface area contributed by atoms with Gasteiger partial charge in [-0.1, -0.05) is 75.7 Å². The lowest BCUT2D eigenvalue weighted by molar-refractivity contribution is 0.284. The van der Waals surface area contributed by atoms with Crippen molar-refractivity contribution in [2.45, 2.75) is 39.7 Å². The Morgan fingerprint density at radius 3 is 2.34 bits per heavy atom. The van der Waals surface area contributed by atoms with Gasteiger partial charge in [0.2, 0.25) is 0 Å². The van der Waals surface area contributed by atoms with Crippen LogP contribution in [0.4, 0.5) is 5.82 Å². The molecule has 1 heterocycles. The molecule has 0 aliphatic carbocycles. The number of nitrogens with one attached hydrogen (secondary N) is 1. The topological polar surface area (TPSA) is 41.0 Å². The number of hydrogen-bond donors (Lipinski definition) is 1. The van der Waals surface area contributed by atoms with E-state index in [2.05, 4.69) is 67.4 Å². The summed E-state index contributed by atoms with van der Waals surface area (Å²) in [6.45, 7) is 9.83. The molecule has 0 radical (unpaired) electrons. The quantitative estimate of drug-likeness (QED) is 0.482. The average Bonchev–Trinajstić information content (AvgIpc) is 2.76. The van der Waals surface area contributed by atoms with Crippen molar-refractivity contribution in [1.82, 2.24) is 14.9 Å². The average molecular weight is 389 g/mol. The first kappa shape index (κ1) is 21.0. The molecular weight excluding hydrogens is 356 g/mol. The smallest absolute Gasteiger partial charge is 0.154 e. The number of fused-ring (bicyclic) bond motifs is 1. The molecule has 4 heteroatoms. The molecule has 2 aromatic carbocycles. The van der Waals surface area contributed by atoms with E-state index in [-0.39, 0.29) is 0 Å². The van der Waals surface area contributed by atoms with E-state index >= 15 is 0 Å². The summed E-state index contributed by atoms with van der Waals surface area (Å²) in [5.41, 5.74) is 2.11. The summed E-state index contributed by atoms with van der Waals surface area (Å²) in [6.07, 6.45) is 6.31. The molecule has 1 N–H and O–H groups in total. The Bertz CT molecular complexity index is 917. The van der Waals surface area contributed by atoms with Gasteiger partial charge in [-0.2, -0.15) is 0 Å². The summed E-state index contributed by atoms with van der Waals surface area (Å²) in [5, 5.41) is 4.81. The Hall–Kier alpha value is -2.72. The minimum atomic E-state index is 0.365. The van der Waals surface area contributed by atoms with E-state index in [1.807, 2.05) is 30.3 Å². The van der Waals surface area contributed by atoms with Crippen LogP contribution in [-0.2, 0) is 0 Å². The molecule has 0 spiro atoms. The molecule has 1 atom stereocenters. The van der Waals surface area contributed by atoms with Gasteiger partial charge in [-0.25, -0.2) is 9.97 Å². The number of nitrogens with zero attached hydrogens (tertiary/aromatic N) is 3. The van der Waals surface area contributed by atoms with Crippen molar-refractivity contribution in [2.75, 3.05) is 25.0 Å². The van der Waals surface area contributed by atoms with E-state index in [1.54, 1.807) is 0 Å². The maximum Gasteiger partial charge on any atom is 0.154 e. The van der Waals surface area contributed by atoms with Gasteiger partial charge in [0.1, 0.15) is 5.82 Å². The number of rotatable bonds is 10. The normalized spacial score (nSPS) is 12.7. The van der Waals surface area contributed by atoms with E-state index in [9.17, 15) is 0 Å². The highest BCUT2D eigenvalue weighted by molar-refractivity contribution is 5.90. The molecule has 0 amide bonds. The predicted molar refractivity (Wildman–Crippen MR) is 125 cm³/mol. The van der Waals surface area contributed by atoms with Crippen molar-refractivity contribution in [3.8, 4) is 0 Å². The maximum absolute atomic E-state index is 4.87. The zero-order valence-electron chi connectivity index (χ0n) is 17.8. The van der Waals surface area contributed by atoms with Crippen LogP contribution in [0, 0.1) is 0 Å².